The summed E-state index contributed by atoms with van der Waals surface area (Å²) < 4.78 is 1.02. The van der Waals surface area contributed by atoms with E-state index in [1.54, 1.807) is 6.92 Å². The Morgan fingerprint density at radius 2 is 2.20 bits per heavy atom. The molecule has 2 rings (SSSR count). The van der Waals surface area contributed by atoms with E-state index in [0.717, 1.165) is 10.2 Å². The van der Waals surface area contributed by atoms with Crippen molar-refractivity contribution >= 4 is 50.3 Å². The quantitative estimate of drug-likeness (QED) is 0.857. The molecule has 20 heavy (non-hydrogen) atoms. The number of thiazole rings is 1. The molecule has 0 radical (unpaired) electrons. The second kappa shape index (κ2) is 6.71. The number of nitrogens with one attached hydrogen (secondary N) is 1. The van der Waals surface area contributed by atoms with Crippen LogP contribution < -0.4 is 5.32 Å². The minimum Gasteiger partial charge on any atom is -0.481 e. The number of benzene rings is 1. The zero-order valence-corrected chi connectivity index (χ0v) is 12.5. The van der Waals surface area contributed by atoms with Crippen LogP contribution in [0.4, 0.5) is 5.13 Å². The lowest BCUT2D eigenvalue weighted by molar-refractivity contribution is -0.140. The van der Waals surface area contributed by atoms with Crippen LogP contribution in [0, 0.1) is 5.92 Å². The van der Waals surface area contributed by atoms with Crippen molar-refractivity contribution in [3.8, 4) is 0 Å². The molecular formula is C13H14N2O3S2. The van der Waals surface area contributed by atoms with E-state index in [1.165, 1.54) is 23.1 Å². The van der Waals surface area contributed by atoms with E-state index in [9.17, 15) is 9.59 Å². The maximum absolute atomic E-state index is 11.7. The third-order valence-corrected chi connectivity index (χ3v) is 4.72. The molecule has 106 valence electrons. The first kappa shape index (κ1) is 14.8. The fraction of sp³-hybridized carbons (Fsp3) is 0.308. The maximum atomic E-state index is 11.7. The van der Waals surface area contributed by atoms with Gasteiger partial charge in [-0.2, -0.15) is 11.8 Å². The fourth-order valence-electron chi connectivity index (χ4n) is 1.48. The molecule has 2 aromatic rings. The molecule has 0 bridgehead atoms. The Morgan fingerprint density at radius 1 is 1.45 bits per heavy atom. The molecule has 0 saturated heterocycles. The number of aromatic nitrogens is 1. The molecule has 5 nitrogen and oxygen atoms in total. The molecule has 1 aromatic heterocycles. The van der Waals surface area contributed by atoms with Gasteiger partial charge in [-0.15, -0.1) is 0 Å². The fourth-order valence-corrected chi connectivity index (χ4v) is 3.23. The van der Waals surface area contributed by atoms with Crippen molar-refractivity contribution < 1.29 is 14.7 Å². The van der Waals surface area contributed by atoms with Gasteiger partial charge in [0, 0.05) is 5.75 Å². The van der Waals surface area contributed by atoms with Crippen LogP contribution in [0.5, 0.6) is 0 Å². The lowest BCUT2D eigenvalue weighted by Gasteiger charge is -2.05. The van der Waals surface area contributed by atoms with Gasteiger partial charge in [0.25, 0.3) is 0 Å². The number of hydrogen-bond donors (Lipinski definition) is 2. The lowest BCUT2D eigenvalue weighted by atomic mass is 10.2. The van der Waals surface area contributed by atoms with Crippen LogP contribution in [0.2, 0.25) is 0 Å². The summed E-state index contributed by atoms with van der Waals surface area (Å²) in [4.78, 5) is 26.7. The Morgan fingerprint density at radius 3 is 2.90 bits per heavy atom. The number of hydrogen-bond acceptors (Lipinski definition) is 5. The summed E-state index contributed by atoms with van der Waals surface area (Å²) in [5, 5.41) is 12.0. The third kappa shape index (κ3) is 3.94. The van der Waals surface area contributed by atoms with Crippen molar-refractivity contribution in [3.05, 3.63) is 24.3 Å². The highest BCUT2D eigenvalue weighted by molar-refractivity contribution is 8.00. The van der Waals surface area contributed by atoms with E-state index in [1.807, 2.05) is 24.3 Å². The molecule has 0 aliphatic carbocycles. The van der Waals surface area contributed by atoms with Crippen LogP contribution >= 0.6 is 23.1 Å². The number of amides is 1. The number of nitrogens with zero attached hydrogens (tertiary/aromatic N) is 1. The Bertz CT molecular complexity index is 594. The molecule has 1 unspecified atom stereocenters. The third-order valence-electron chi connectivity index (χ3n) is 2.56. The Hall–Kier alpha value is -1.60. The topological polar surface area (TPSA) is 79.3 Å². The summed E-state index contributed by atoms with van der Waals surface area (Å²) in [7, 11) is 0. The molecule has 1 heterocycles. The smallest absolute Gasteiger partial charge is 0.307 e. The van der Waals surface area contributed by atoms with Gasteiger partial charge in [0.1, 0.15) is 0 Å². The number of carboxylic acid groups (broad SMARTS) is 1. The van der Waals surface area contributed by atoms with Gasteiger partial charge in [0.05, 0.1) is 21.9 Å². The molecule has 1 amide bonds. The number of rotatable bonds is 6. The number of anilines is 1. The zero-order valence-electron chi connectivity index (χ0n) is 10.8. The van der Waals surface area contributed by atoms with Gasteiger partial charge in [-0.25, -0.2) is 4.98 Å². The average molecular weight is 310 g/mol. The van der Waals surface area contributed by atoms with Gasteiger partial charge in [0.15, 0.2) is 5.13 Å². The lowest BCUT2D eigenvalue weighted by Crippen LogP contribution is -2.17. The van der Waals surface area contributed by atoms with E-state index < -0.39 is 11.9 Å². The molecular weight excluding hydrogens is 296 g/mol. The van der Waals surface area contributed by atoms with Crippen molar-refractivity contribution in [3.63, 3.8) is 0 Å². The molecule has 2 N–H and O–H groups in total. The van der Waals surface area contributed by atoms with Gasteiger partial charge in [-0.05, 0) is 12.1 Å². The van der Waals surface area contributed by atoms with Crippen LogP contribution in [-0.4, -0.2) is 33.5 Å². The summed E-state index contributed by atoms with van der Waals surface area (Å²) in [6.45, 7) is 1.63. The van der Waals surface area contributed by atoms with E-state index in [2.05, 4.69) is 10.3 Å². The zero-order chi connectivity index (χ0) is 14.5. The molecule has 0 aliphatic rings. The molecule has 0 spiro atoms. The average Bonchev–Trinajstić information content (AvgIpc) is 2.80. The first-order chi connectivity index (χ1) is 9.56. The molecule has 7 heteroatoms. The molecule has 1 aromatic carbocycles. The van der Waals surface area contributed by atoms with Crippen molar-refractivity contribution in [2.45, 2.75) is 6.92 Å². The van der Waals surface area contributed by atoms with Crippen LogP contribution in [0.3, 0.4) is 0 Å². The van der Waals surface area contributed by atoms with Crippen LogP contribution in [-0.2, 0) is 9.59 Å². The van der Waals surface area contributed by atoms with E-state index in [-0.39, 0.29) is 11.7 Å². The number of carbonyl (C=O) groups is 2. The number of para-hydroxylation sites is 1. The number of carboxylic acids is 1. The molecule has 1 atom stereocenters. The first-order valence-corrected chi connectivity index (χ1v) is 7.99. The SMILES string of the molecule is CC(CSCC(=O)Nc1nc2ccccc2s1)C(=O)O. The van der Waals surface area contributed by atoms with Gasteiger partial charge in [-0.1, -0.05) is 30.4 Å². The summed E-state index contributed by atoms with van der Waals surface area (Å²) in [6, 6.07) is 7.67. The number of carbonyl (C=O) groups excluding carboxylic acids is 1. The van der Waals surface area contributed by atoms with E-state index in [0.29, 0.717) is 10.9 Å². The largest absolute Gasteiger partial charge is 0.481 e. The van der Waals surface area contributed by atoms with Crippen LogP contribution in [0.25, 0.3) is 10.2 Å². The van der Waals surface area contributed by atoms with E-state index >= 15 is 0 Å². The van der Waals surface area contributed by atoms with Crippen molar-refractivity contribution in [2.24, 2.45) is 5.92 Å². The Labute approximate surface area is 124 Å². The maximum Gasteiger partial charge on any atom is 0.307 e. The number of fused-ring (bicyclic) bond motifs is 1. The normalized spacial score (nSPS) is 12.2. The highest BCUT2D eigenvalue weighted by Crippen LogP contribution is 2.25. The number of thioether (sulfide) groups is 1. The van der Waals surface area contributed by atoms with Crippen LogP contribution in [0.1, 0.15) is 6.92 Å². The first-order valence-electron chi connectivity index (χ1n) is 6.02. The monoisotopic (exact) mass is 310 g/mol. The van der Waals surface area contributed by atoms with Crippen molar-refractivity contribution in [1.29, 1.82) is 0 Å². The van der Waals surface area contributed by atoms with Crippen molar-refractivity contribution in [2.75, 3.05) is 16.8 Å². The highest BCUT2D eigenvalue weighted by Gasteiger charge is 2.12. The number of aliphatic carboxylic acids is 1. The van der Waals surface area contributed by atoms with E-state index in [4.69, 9.17) is 5.11 Å². The second-order valence-electron chi connectivity index (χ2n) is 4.29. The second-order valence-corrected chi connectivity index (χ2v) is 6.35. The Balaban J connectivity index is 1.84. The Kier molecular flexibility index (Phi) is 4.97. The molecule has 0 fully saturated rings. The molecule has 0 aliphatic heterocycles. The summed E-state index contributed by atoms with van der Waals surface area (Å²) >= 11 is 2.73. The van der Waals surface area contributed by atoms with Crippen LogP contribution in [0.15, 0.2) is 24.3 Å². The standard InChI is InChI=1S/C13H14N2O3S2/c1-8(12(17)18)6-19-7-11(16)15-13-14-9-4-2-3-5-10(9)20-13/h2-5,8H,6-7H2,1H3,(H,17,18)(H,14,15,16). The van der Waals surface area contributed by atoms with Gasteiger partial charge in [0.2, 0.25) is 5.91 Å². The highest BCUT2D eigenvalue weighted by atomic mass is 32.2. The summed E-state index contributed by atoms with van der Waals surface area (Å²) in [6.07, 6.45) is 0. The van der Waals surface area contributed by atoms with Gasteiger partial charge < -0.3 is 10.4 Å². The minimum atomic E-state index is -0.843. The summed E-state index contributed by atoms with van der Waals surface area (Å²) in [5.74, 6) is -0.804. The minimum absolute atomic E-state index is 0.161. The predicted molar refractivity (Wildman–Crippen MR) is 82.4 cm³/mol. The molecule has 0 saturated carbocycles. The summed E-state index contributed by atoms with van der Waals surface area (Å²) in [5.41, 5.74) is 0.861. The van der Waals surface area contributed by atoms with Gasteiger partial charge >= 0.3 is 5.97 Å². The van der Waals surface area contributed by atoms with Crippen molar-refractivity contribution in [1.82, 2.24) is 4.98 Å². The predicted octanol–water partition coefficient (Wildman–Crippen LogP) is 2.69. The van der Waals surface area contributed by atoms with Gasteiger partial charge in [-0.3, -0.25) is 9.59 Å².